The fourth-order valence-electron chi connectivity index (χ4n) is 2.43. The summed E-state index contributed by atoms with van der Waals surface area (Å²) in [6.45, 7) is 4.77. The number of nitrogens with one attached hydrogen (secondary N) is 1. The Hall–Kier alpha value is -0.120. The van der Waals surface area contributed by atoms with Gasteiger partial charge in [0, 0.05) is 19.7 Å². The van der Waals surface area contributed by atoms with Gasteiger partial charge in [-0.3, -0.25) is 0 Å². The first-order chi connectivity index (χ1) is 7.65. The third-order valence-electron chi connectivity index (χ3n) is 4.01. The Morgan fingerprint density at radius 2 is 1.88 bits per heavy atom. The summed E-state index contributed by atoms with van der Waals surface area (Å²) in [5, 5.41) is 13.7. The van der Waals surface area contributed by atoms with Crippen molar-refractivity contribution in [1.29, 1.82) is 0 Å². The minimum Gasteiger partial charge on any atom is -0.389 e. The van der Waals surface area contributed by atoms with E-state index in [1.54, 1.807) is 7.11 Å². The van der Waals surface area contributed by atoms with Crippen LogP contribution in [-0.4, -0.2) is 36.5 Å². The van der Waals surface area contributed by atoms with Crippen molar-refractivity contribution in [3.63, 3.8) is 0 Å². The molecule has 2 atom stereocenters. The molecule has 3 heteroatoms. The molecule has 16 heavy (non-hydrogen) atoms. The molecule has 0 aromatic rings. The molecular weight excluding hydrogens is 202 g/mol. The molecule has 1 aliphatic rings. The number of hydrogen-bond donors (Lipinski definition) is 2. The molecule has 0 aromatic heterocycles. The zero-order valence-electron chi connectivity index (χ0n) is 11.0. The Kier molecular flexibility index (Phi) is 5.73. The van der Waals surface area contributed by atoms with Gasteiger partial charge in [0.15, 0.2) is 0 Å². The monoisotopic (exact) mass is 229 g/mol. The molecule has 0 aliphatic heterocycles. The highest BCUT2D eigenvalue weighted by Crippen LogP contribution is 2.22. The van der Waals surface area contributed by atoms with Crippen LogP contribution in [0.5, 0.6) is 0 Å². The smallest absolute Gasteiger partial charge is 0.0766 e. The molecule has 0 heterocycles. The minimum atomic E-state index is -0.546. The number of aliphatic hydroxyl groups is 1. The van der Waals surface area contributed by atoms with Gasteiger partial charge in [0.1, 0.15) is 0 Å². The van der Waals surface area contributed by atoms with Gasteiger partial charge in [0.05, 0.1) is 11.7 Å². The van der Waals surface area contributed by atoms with Gasteiger partial charge >= 0.3 is 0 Å². The quantitative estimate of drug-likeness (QED) is 0.733. The van der Waals surface area contributed by atoms with Gasteiger partial charge in [-0.25, -0.2) is 0 Å². The van der Waals surface area contributed by atoms with Crippen LogP contribution in [0.15, 0.2) is 0 Å². The van der Waals surface area contributed by atoms with Gasteiger partial charge in [-0.1, -0.05) is 26.7 Å². The minimum absolute atomic E-state index is 0.326. The summed E-state index contributed by atoms with van der Waals surface area (Å²) in [5.41, 5.74) is -0.546. The fraction of sp³-hybridized carbons (Fsp3) is 1.00. The first kappa shape index (κ1) is 13.9. The van der Waals surface area contributed by atoms with Gasteiger partial charge in [-0.2, -0.15) is 0 Å². The zero-order chi connectivity index (χ0) is 12.0. The van der Waals surface area contributed by atoms with Crippen LogP contribution in [0.4, 0.5) is 0 Å². The summed E-state index contributed by atoms with van der Waals surface area (Å²) < 4.78 is 5.49. The molecule has 96 valence electrons. The van der Waals surface area contributed by atoms with Crippen molar-refractivity contribution in [3.05, 3.63) is 0 Å². The lowest BCUT2D eigenvalue weighted by molar-refractivity contribution is 0.00595. The van der Waals surface area contributed by atoms with Crippen molar-refractivity contribution in [3.8, 4) is 0 Å². The fourth-order valence-corrected chi connectivity index (χ4v) is 2.43. The van der Waals surface area contributed by atoms with Crippen molar-refractivity contribution < 1.29 is 9.84 Å². The molecule has 0 radical (unpaired) electrons. The third-order valence-corrected chi connectivity index (χ3v) is 4.01. The molecule has 1 fully saturated rings. The molecule has 0 saturated heterocycles. The molecular formula is C13H27NO2. The van der Waals surface area contributed by atoms with Gasteiger partial charge in [0.25, 0.3) is 0 Å². The predicted molar refractivity (Wildman–Crippen MR) is 66.6 cm³/mol. The predicted octanol–water partition coefficient (Wildman–Crippen LogP) is 2.08. The second-order valence-electron chi connectivity index (χ2n) is 4.98. The maximum absolute atomic E-state index is 10.2. The summed E-state index contributed by atoms with van der Waals surface area (Å²) in [7, 11) is 1.79. The maximum atomic E-state index is 10.2. The highest BCUT2D eigenvalue weighted by Gasteiger charge is 2.28. The zero-order valence-corrected chi connectivity index (χ0v) is 11.0. The number of hydrogen-bond acceptors (Lipinski definition) is 3. The van der Waals surface area contributed by atoms with Crippen LogP contribution in [0.25, 0.3) is 0 Å². The second kappa shape index (κ2) is 6.58. The molecule has 0 spiro atoms. The van der Waals surface area contributed by atoms with E-state index in [-0.39, 0.29) is 0 Å². The van der Waals surface area contributed by atoms with E-state index >= 15 is 0 Å². The lowest BCUT2D eigenvalue weighted by Crippen LogP contribution is -2.49. The molecule has 0 amide bonds. The van der Waals surface area contributed by atoms with Gasteiger partial charge < -0.3 is 15.2 Å². The van der Waals surface area contributed by atoms with Crippen LogP contribution in [0.2, 0.25) is 0 Å². The summed E-state index contributed by atoms with van der Waals surface area (Å²) in [5.74, 6) is 0. The lowest BCUT2D eigenvalue weighted by atomic mass is 9.90. The average molecular weight is 229 g/mol. The maximum Gasteiger partial charge on any atom is 0.0766 e. The summed E-state index contributed by atoms with van der Waals surface area (Å²) in [6, 6.07) is 0.420. The molecule has 2 N–H and O–H groups in total. The van der Waals surface area contributed by atoms with E-state index in [1.165, 1.54) is 19.3 Å². The van der Waals surface area contributed by atoms with Crippen LogP contribution in [-0.2, 0) is 4.74 Å². The summed E-state index contributed by atoms with van der Waals surface area (Å²) >= 11 is 0. The van der Waals surface area contributed by atoms with E-state index in [0.717, 1.165) is 19.3 Å². The van der Waals surface area contributed by atoms with Crippen LogP contribution < -0.4 is 5.32 Å². The van der Waals surface area contributed by atoms with E-state index in [4.69, 9.17) is 4.74 Å². The van der Waals surface area contributed by atoms with Gasteiger partial charge in [-0.05, 0) is 25.7 Å². The first-order valence-electron chi connectivity index (χ1n) is 6.63. The Morgan fingerprint density at radius 3 is 2.44 bits per heavy atom. The summed E-state index contributed by atoms with van der Waals surface area (Å²) in [4.78, 5) is 0. The van der Waals surface area contributed by atoms with Crippen LogP contribution in [0.1, 0.15) is 52.4 Å². The Bertz CT molecular complexity index is 192. The van der Waals surface area contributed by atoms with Crippen LogP contribution in [0, 0.1) is 0 Å². The number of methoxy groups -OCH3 is 1. The Morgan fingerprint density at radius 1 is 1.25 bits per heavy atom. The number of ether oxygens (including phenoxy) is 1. The molecule has 0 aromatic carbocycles. The standard InChI is InChI=1S/C13H27NO2/c1-4-13(15,5-2)10-14-11-8-6-7-9-12(11)16-3/h11-12,14-15H,4-10H2,1-3H3. The lowest BCUT2D eigenvalue weighted by Gasteiger charge is -2.34. The van der Waals surface area contributed by atoms with Crippen LogP contribution in [0.3, 0.4) is 0 Å². The molecule has 1 aliphatic carbocycles. The molecule has 0 bridgehead atoms. The van der Waals surface area contributed by atoms with Crippen molar-refractivity contribution in [2.75, 3.05) is 13.7 Å². The third kappa shape index (κ3) is 3.72. The van der Waals surface area contributed by atoms with Crippen molar-refractivity contribution in [1.82, 2.24) is 5.32 Å². The van der Waals surface area contributed by atoms with E-state index in [2.05, 4.69) is 5.32 Å². The largest absolute Gasteiger partial charge is 0.389 e. The highest BCUT2D eigenvalue weighted by molar-refractivity contribution is 4.86. The second-order valence-corrected chi connectivity index (χ2v) is 4.98. The topological polar surface area (TPSA) is 41.5 Å². The number of rotatable bonds is 6. The molecule has 2 unspecified atom stereocenters. The van der Waals surface area contributed by atoms with E-state index < -0.39 is 5.60 Å². The molecule has 1 saturated carbocycles. The Balaban J connectivity index is 2.40. The van der Waals surface area contributed by atoms with E-state index in [1.807, 2.05) is 13.8 Å². The van der Waals surface area contributed by atoms with E-state index in [0.29, 0.717) is 18.7 Å². The van der Waals surface area contributed by atoms with Gasteiger partial charge in [-0.15, -0.1) is 0 Å². The SMILES string of the molecule is CCC(O)(CC)CNC1CCCCC1OC. The van der Waals surface area contributed by atoms with E-state index in [9.17, 15) is 5.11 Å². The first-order valence-corrected chi connectivity index (χ1v) is 6.63. The summed E-state index contributed by atoms with van der Waals surface area (Å²) in [6.07, 6.45) is 6.79. The molecule has 1 rings (SSSR count). The van der Waals surface area contributed by atoms with Crippen LogP contribution >= 0.6 is 0 Å². The Labute approximate surface area is 99.6 Å². The highest BCUT2D eigenvalue weighted by atomic mass is 16.5. The average Bonchev–Trinajstić information content (AvgIpc) is 2.36. The molecule has 3 nitrogen and oxygen atoms in total. The normalized spacial score (nSPS) is 27.0. The van der Waals surface area contributed by atoms with Crippen molar-refractivity contribution in [2.45, 2.75) is 70.1 Å². The van der Waals surface area contributed by atoms with Crippen molar-refractivity contribution >= 4 is 0 Å². The van der Waals surface area contributed by atoms with Crippen molar-refractivity contribution in [2.24, 2.45) is 0 Å². The van der Waals surface area contributed by atoms with Gasteiger partial charge in [0.2, 0.25) is 0 Å².